The Labute approximate surface area is 188 Å². The molecule has 0 bridgehead atoms. The maximum Gasteiger partial charge on any atom is 0.258 e. The molecule has 1 aliphatic heterocycles. The van der Waals surface area contributed by atoms with Gasteiger partial charge in [-0.15, -0.1) is 0 Å². The van der Waals surface area contributed by atoms with Gasteiger partial charge in [0.2, 0.25) is 0 Å². The molecule has 174 valence electrons. The first-order chi connectivity index (χ1) is 15.9. The van der Waals surface area contributed by atoms with Gasteiger partial charge in [-0.2, -0.15) is 0 Å². The second-order valence-electron chi connectivity index (χ2n) is 7.11. The molecule has 2 heterocycles. The third-order valence-corrected chi connectivity index (χ3v) is 6.67. The largest absolute Gasteiger partial charge is 0.481 e. The van der Waals surface area contributed by atoms with E-state index in [2.05, 4.69) is 19.6 Å². The summed E-state index contributed by atoms with van der Waals surface area (Å²) in [6, 6.07) is 6.47. The van der Waals surface area contributed by atoms with E-state index >= 15 is 0 Å². The molecule has 0 radical (unpaired) electrons. The summed E-state index contributed by atoms with van der Waals surface area (Å²) in [6.07, 6.45) is -0.334. The molecule has 1 aliphatic rings. The van der Waals surface area contributed by atoms with Crippen LogP contribution in [0, 0.1) is 11.6 Å². The van der Waals surface area contributed by atoms with E-state index in [0.717, 1.165) is 30.1 Å². The van der Waals surface area contributed by atoms with Crippen molar-refractivity contribution in [2.75, 3.05) is 30.0 Å². The highest BCUT2D eigenvalue weighted by Gasteiger charge is 2.16. The van der Waals surface area contributed by atoms with Crippen LogP contribution in [0.25, 0.3) is 10.9 Å². The van der Waals surface area contributed by atoms with Crippen LogP contribution < -0.4 is 15.4 Å². The quantitative estimate of drug-likeness (QED) is 0.470. The van der Waals surface area contributed by atoms with Gasteiger partial charge in [0.05, 0.1) is 28.8 Å². The minimum Gasteiger partial charge on any atom is -0.481 e. The molecule has 2 N–H and O–H groups in total. The van der Waals surface area contributed by atoms with Crippen LogP contribution >= 0.6 is 0 Å². The second kappa shape index (κ2) is 10.1. The standard InChI is InChI=1S/C21H19F4N5O2S/c22-12-2-3-15(17(6-12)32-10-19(31)26-9-18(24)25)29-21-20-14(23)7-13(30-33-4-1-5-33)8-16(20)27-11-28-21/h2-3,6-8,11,18H,1,4-5,9-10H2,(H,26,31)(H,27,28,29). The van der Waals surface area contributed by atoms with Gasteiger partial charge in [0.15, 0.2) is 6.61 Å². The molecule has 1 aromatic heterocycles. The van der Waals surface area contributed by atoms with E-state index in [4.69, 9.17) is 4.74 Å². The molecule has 33 heavy (non-hydrogen) atoms. The molecule has 1 saturated heterocycles. The number of carbonyl (C=O) groups is 1. The lowest BCUT2D eigenvalue weighted by Gasteiger charge is -2.16. The highest BCUT2D eigenvalue weighted by molar-refractivity contribution is 7.88. The molecule has 12 heteroatoms. The second-order valence-corrected chi connectivity index (χ2v) is 9.03. The summed E-state index contributed by atoms with van der Waals surface area (Å²) >= 11 is 0. The Morgan fingerprint density at radius 3 is 2.73 bits per heavy atom. The Bertz CT molecular complexity index is 1220. The molecule has 2 aromatic carbocycles. The van der Waals surface area contributed by atoms with Crippen LogP contribution in [0.2, 0.25) is 0 Å². The zero-order valence-electron chi connectivity index (χ0n) is 17.2. The lowest BCUT2D eigenvalue weighted by atomic mass is 10.2. The molecule has 0 aliphatic carbocycles. The van der Waals surface area contributed by atoms with Crippen molar-refractivity contribution in [2.24, 2.45) is 4.36 Å². The summed E-state index contributed by atoms with van der Waals surface area (Å²) in [5.41, 5.74) is 1.04. The van der Waals surface area contributed by atoms with Crippen molar-refractivity contribution in [3.8, 4) is 5.75 Å². The maximum absolute atomic E-state index is 15.0. The van der Waals surface area contributed by atoms with E-state index in [9.17, 15) is 22.4 Å². The number of anilines is 2. The zero-order valence-corrected chi connectivity index (χ0v) is 18.0. The number of nitrogens with one attached hydrogen (secondary N) is 2. The van der Waals surface area contributed by atoms with E-state index in [1.54, 1.807) is 6.07 Å². The minimum atomic E-state index is -2.70. The van der Waals surface area contributed by atoms with Crippen molar-refractivity contribution in [2.45, 2.75) is 12.8 Å². The van der Waals surface area contributed by atoms with Crippen LogP contribution in [-0.2, 0) is 15.5 Å². The van der Waals surface area contributed by atoms with Crippen LogP contribution in [0.15, 0.2) is 41.0 Å². The summed E-state index contributed by atoms with van der Waals surface area (Å²) in [7, 11) is -0.0785. The van der Waals surface area contributed by atoms with Crippen molar-refractivity contribution in [3.63, 3.8) is 0 Å². The monoisotopic (exact) mass is 481 g/mol. The van der Waals surface area contributed by atoms with Gasteiger partial charge in [0.1, 0.15) is 29.5 Å². The molecule has 0 atom stereocenters. The molecule has 3 aromatic rings. The molecule has 0 spiro atoms. The molecular weight excluding hydrogens is 462 g/mol. The average Bonchev–Trinajstić information content (AvgIpc) is 2.75. The number of carbonyl (C=O) groups excluding carboxylic acids is 1. The molecule has 4 rings (SSSR count). The Balaban J connectivity index is 1.58. The number of hydrogen-bond donors (Lipinski definition) is 2. The van der Waals surface area contributed by atoms with Crippen LogP contribution in [0.4, 0.5) is 34.8 Å². The van der Waals surface area contributed by atoms with E-state index < -0.39 is 37.1 Å². The van der Waals surface area contributed by atoms with Crippen molar-refractivity contribution in [1.82, 2.24) is 15.3 Å². The highest BCUT2D eigenvalue weighted by Crippen LogP contribution is 2.33. The van der Waals surface area contributed by atoms with Gasteiger partial charge >= 0.3 is 0 Å². The molecule has 0 unspecified atom stereocenters. The SMILES string of the molecule is O=C(COc1cc(F)ccc1Nc1ncnc2cc(N=S3CCC3)cc(F)c12)NCC(F)F. The van der Waals surface area contributed by atoms with Crippen molar-refractivity contribution < 1.29 is 27.1 Å². The van der Waals surface area contributed by atoms with Crippen LogP contribution in [0.5, 0.6) is 5.75 Å². The Hall–Kier alpha value is -3.28. The summed E-state index contributed by atoms with van der Waals surface area (Å²) in [5.74, 6) is 0.0150. The number of fused-ring (bicyclic) bond motifs is 1. The molecular formula is C21H19F4N5O2S. The van der Waals surface area contributed by atoms with E-state index in [1.807, 2.05) is 5.32 Å². The van der Waals surface area contributed by atoms with Gasteiger partial charge in [-0.1, -0.05) is 10.7 Å². The first-order valence-corrected chi connectivity index (χ1v) is 11.5. The Morgan fingerprint density at radius 2 is 2.00 bits per heavy atom. The van der Waals surface area contributed by atoms with Gasteiger partial charge in [0.25, 0.3) is 12.3 Å². The number of hydrogen-bond acceptors (Lipinski definition) is 6. The van der Waals surface area contributed by atoms with Crippen molar-refractivity contribution in [1.29, 1.82) is 0 Å². The fraction of sp³-hybridized carbons (Fsp3) is 0.286. The number of halogens is 4. The molecule has 7 nitrogen and oxygen atoms in total. The summed E-state index contributed by atoms with van der Waals surface area (Å²) in [6.45, 7) is -1.44. The average molecular weight is 481 g/mol. The van der Waals surface area contributed by atoms with E-state index in [1.165, 1.54) is 18.5 Å². The predicted octanol–water partition coefficient (Wildman–Crippen LogP) is 4.25. The third-order valence-electron chi connectivity index (χ3n) is 4.68. The normalized spacial score (nSPS) is 13.6. The van der Waals surface area contributed by atoms with E-state index in [-0.39, 0.29) is 33.3 Å². The number of rotatable bonds is 8. The Morgan fingerprint density at radius 1 is 1.18 bits per heavy atom. The Kier molecular flexibility index (Phi) is 7.02. The van der Waals surface area contributed by atoms with Crippen LogP contribution in [0.3, 0.4) is 0 Å². The first kappa shape index (κ1) is 22.9. The number of aromatic nitrogens is 2. The lowest BCUT2D eigenvalue weighted by Crippen LogP contribution is -2.32. The van der Waals surface area contributed by atoms with Crippen LogP contribution in [0.1, 0.15) is 6.42 Å². The first-order valence-electron chi connectivity index (χ1n) is 9.97. The van der Waals surface area contributed by atoms with E-state index in [0.29, 0.717) is 11.2 Å². The summed E-state index contributed by atoms with van der Waals surface area (Å²) in [5, 5.41) is 4.97. The highest BCUT2D eigenvalue weighted by atomic mass is 32.2. The molecule has 1 amide bonds. The smallest absolute Gasteiger partial charge is 0.258 e. The zero-order chi connectivity index (χ0) is 23.4. The number of ether oxygens (including phenoxy) is 1. The number of alkyl halides is 2. The van der Waals surface area contributed by atoms with Gasteiger partial charge in [-0.05, 0) is 24.6 Å². The minimum absolute atomic E-state index is 0.0767. The summed E-state index contributed by atoms with van der Waals surface area (Å²) < 4.78 is 63.0. The third kappa shape index (κ3) is 5.75. The molecule has 0 saturated carbocycles. The topological polar surface area (TPSA) is 88.5 Å². The van der Waals surface area contributed by atoms with Gasteiger partial charge in [-0.3, -0.25) is 4.79 Å². The fourth-order valence-electron chi connectivity index (χ4n) is 3.02. The van der Waals surface area contributed by atoms with Gasteiger partial charge in [0, 0.05) is 23.6 Å². The van der Waals surface area contributed by atoms with Crippen LogP contribution in [-0.4, -0.2) is 47.0 Å². The van der Waals surface area contributed by atoms with Crippen molar-refractivity contribution in [3.05, 3.63) is 48.3 Å². The number of nitrogens with zero attached hydrogens (tertiary/aromatic N) is 3. The van der Waals surface area contributed by atoms with Gasteiger partial charge < -0.3 is 15.4 Å². The van der Waals surface area contributed by atoms with Crippen molar-refractivity contribution >= 4 is 44.7 Å². The maximum atomic E-state index is 15.0. The predicted molar refractivity (Wildman–Crippen MR) is 117 cm³/mol. The fourth-order valence-corrected chi connectivity index (χ4v) is 4.15. The number of benzene rings is 2. The molecule has 1 fully saturated rings. The lowest BCUT2D eigenvalue weighted by molar-refractivity contribution is -0.123. The van der Waals surface area contributed by atoms with Gasteiger partial charge in [-0.25, -0.2) is 31.9 Å². The summed E-state index contributed by atoms with van der Waals surface area (Å²) in [4.78, 5) is 19.9. The number of amides is 1.